The molecule has 5 nitrogen and oxygen atoms in total. The number of nitrogens with zero attached hydrogens (tertiary/aromatic N) is 1. The van der Waals surface area contributed by atoms with Crippen LogP contribution in [0.1, 0.15) is 34.6 Å². The third-order valence-corrected chi connectivity index (χ3v) is 6.75. The van der Waals surface area contributed by atoms with Crippen LogP contribution >= 0.6 is 11.8 Å². The molecule has 160 valence electrons. The van der Waals surface area contributed by atoms with Crippen molar-refractivity contribution in [3.05, 3.63) is 70.9 Å². The molecular weight excluding hydrogens is 410 g/mol. The van der Waals surface area contributed by atoms with Gasteiger partial charge >= 0.3 is 5.97 Å². The van der Waals surface area contributed by atoms with Gasteiger partial charge in [-0.15, -0.1) is 11.8 Å². The summed E-state index contributed by atoms with van der Waals surface area (Å²) in [4.78, 5) is 16.5. The van der Waals surface area contributed by atoms with Gasteiger partial charge in [-0.25, -0.2) is 4.98 Å². The van der Waals surface area contributed by atoms with Crippen molar-refractivity contribution in [3.63, 3.8) is 0 Å². The number of thioether (sulfide) groups is 1. The van der Waals surface area contributed by atoms with Crippen LogP contribution < -0.4 is 9.47 Å². The Morgan fingerprint density at radius 1 is 1.19 bits per heavy atom. The Hall–Kier alpha value is -2.99. The number of carbonyl (C=O) groups is 1. The van der Waals surface area contributed by atoms with Crippen LogP contribution in [0, 0.1) is 13.8 Å². The van der Waals surface area contributed by atoms with E-state index in [1.165, 1.54) is 16.7 Å². The number of aromatic nitrogens is 1. The molecule has 1 aliphatic heterocycles. The molecule has 1 aromatic heterocycles. The summed E-state index contributed by atoms with van der Waals surface area (Å²) in [6.07, 6.45) is 1.90. The molecule has 1 atom stereocenters. The van der Waals surface area contributed by atoms with Gasteiger partial charge in [-0.05, 0) is 65.4 Å². The van der Waals surface area contributed by atoms with Crippen LogP contribution in [0.2, 0.25) is 0 Å². The number of aliphatic carboxylic acids is 1. The molecule has 3 aromatic rings. The molecular formula is C25H25NO4S. The highest BCUT2D eigenvalue weighted by molar-refractivity contribution is 7.99. The van der Waals surface area contributed by atoms with Crippen LogP contribution in [0.15, 0.2) is 53.6 Å². The van der Waals surface area contributed by atoms with Crippen molar-refractivity contribution in [2.75, 3.05) is 12.9 Å². The molecule has 31 heavy (non-hydrogen) atoms. The number of ether oxygens (including phenoxy) is 2. The van der Waals surface area contributed by atoms with Gasteiger partial charge in [0.1, 0.15) is 12.4 Å². The molecule has 1 aliphatic rings. The summed E-state index contributed by atoms with van der Waals surface area (Å²) in [5.74, 6) is 1.44. The Kier molecular flexibility index (Phi) is 6.18. The minimum atomic E-state index is -0.777. The summed E-state index contributed by atoms with van der Waals surface area (Å²) in [6, 6.07) is 14.4. The van der Waals surface area contributed by atoms with Crippen molar-refractivity contribution in [2.45, 2.75) is 37.7 Å². The zero-order chi connectivity index (χ0) is 22.0. The average molecular weight is 436 g/mol. The van der Waals surface area contributed by atoms with E-state index in [4.69, 9.17) is 14.6 Å². The van der Waals surface area contributed by atoms with Crippen LogP contribution in [0.5, 0.6) is 11.6 Å². The first-order valence-electron chi connectivity index (χ1n) is 10.2. The Morgan fingerprint density at radius 3 is 2.68 bits per heavy atom. The summed E-state index contributed by atoms with van der Waals surface area (Å²) in [5.41, 5.74) is 6.76. The average Bonchev–Trinajstić information content (AvgIpc) is 3.13. The van der Waals surface area contributed by atoms with E-state index in [0.29, 0.717) is 12.5 Å². The SMILES string of the molecule is COc1cc(C)c(-c2cccc(COc3cc4c(cn3)C(CC(=O)O)CS4)c2)c(C)c1. The predicted molar refractivity (Wildman–Crippen MR) is 122 cm³/mol. The third kappa shape index (κ3) is 4.69. The second-order valence-corrected chi connectivity index (χ2v) is 8.85. The van der Waals surface area contributed by atoms with Gasteiger partial charge in [0, 0.05) is 28.8 Å². The number of hydrogen-bond acceptors (Lipinski definition) is 5. The molecule has 0 aliphatic carbocycles. The van der Waals surface area contributed by atoms with E-state index in [9.17, 15) is 4.79 Å². The van der Waals surface area contributed by atoms with E-state index in [2.05, 4.69) is 43.1 Å². The van der Waals surface area contributed by atoms with Gasteiger partial charge < -0.3 is 14.6 Å². The number of carboxylic acids is 1. The van der Waals surface area contributed by atoms with Crippen molar-refractivity contribution in [2.24, 2.45) is 0 Å². The molecule has 0 spiro atoms. The van der Waals surface area contributed by atoms with Gasteiger partial charge in [0.15, 0.2) is 0 Å². The molecule has 0 fully saturated rings. The molecule has 2 heterocycles. The lowest BCUT2D eigenvalue weighted by Gasteiger charge is -2.14. The number of benzene rings is 2. The number of rotatable bonds is 7. The molecule has 6 heteroatoms. The Bertz CT molecular complexity index is 1110. The highest BCUT2D eigenvalue weighted by Gasteiger charge is 2.26. The Morgan fingerprint density at radius 2 is 1.97 bits per heavy atom. The minimum absolute atomic E-state index is 0.0201. The normalized spacial score (nSPS) is 14.9. The molecule has 0 radical (unpaired) electrons. The van der Waals surface area contributed by atoms with E-state index in [1.54, 1.807) is 25.1 Å². The van der Waals surface area contributed by atoms with Crippen molar-refractivity contribution < 1.29 is 19.4 Å². The lowest BCUT2D eigenvalue weighted by molar-refractivity contribution is -0.137. The van der Waals surface area contributed by atoms with Crippen LogP contribution in [0.4, 0.5) is 0 Å². The third-order valence-electron chi connectivity index (χ3n) is 5.52. The van der Waals surface area contributed by atoms with Crippen molar-refractivity contribution in [1.29, 1.82) is 0 Å². The highest BCUT2D eigenvalue weighted by Crippen LogP contribution is 2.42. The highest BCUT2D eigenvalue weighted by atomic mass is 32.2. The quantitative estimate of drug-likeness (QED) is 0.520. The number of aryl methyl sites for hydroxylation is 2. The summed E-state index contributed by atoms with van der Waals surface area (Å²) in [6.45, 7) is 4.60. The number of carboxylic acid groups (broad SMARTS) is 1. The standard InChI is InChI=1S/C25H25NO4S/c1-15-7-20(29-3)8-16(2)25(15)18-6-4-5-17(9-18)13-30-23-11-22-21(12-26-23)19(14-31-22)10-24(27)28/h4-9,11-12,19H,10,13-14H2,1-3H3,(H,27,28). The first-order valence-corrected chi connectivity index (χ1v) is 11.1. The number of fused-ring (bicyclic) bond motifs is 1. The van der Waals surface area contributed by atoms with Gasteiger partial charge in [0.25, 0.3) is 0 Å². The predicted octanol–water partition coefficient (Wildman–Crippen LogP) is 5.62. The molecule has 1 unspecified atom stereocenters. The molecule has 0 saturated carbocycles. The zero-order valence-corrected chi connectivity index (χ0v) is 18.7. The summed E-state index contributed by atoms with van der Waals surface area (Å²) < 4.78 is 11.3. The lowest BCUT2D eigenvalue weighted by Crippen LogP contribution is -2.06. The first-order chi connectivity index (χ1) is 14.9. The first kappa shape index (κ1) is 21.2. The van der Waals surface area contributed by atoms with Crippen LogP contribution in [0.3, 0.4) is 0 Å². The largest absolute Gasteiger partial charge is 0.497 e. The molecule has 0 amide bonds. The van der Waals surface area contributed by atoms with Crippen molar-refractivity contribution >= 4 is 17.7 Å². The van der Waals surface area contributed by atoms with E-state index in [0.717, 1.165) is 33.1 Å². The minimum Gasteiger partial charge on any atom is -0.497 e. The molecule has 2 aromatic carbocycles. The lowest BCUT2D eigenvalue weighted by atomic mass is 9.94. The molecule has 0 saturated heterocycles. The van der Waals surface area contributed by atoms with Gasteiger partial charge in [0.05, 0.1) is 13.5 Å². The van der Waals surface area contributed by atoms with E-state index in [-0.39, 0.29) is 12.3 Å². The fourth-order valence-corrected chi connectivity index (χ4v) is 5.32. The van der Waals surface area contributed by atoms with E-state index >= 15 is 0 Å². The van der Waals surface area contributed by atoms with Gasteiger partial charge in [-0.3, -0.25) is 4.79 Å². The molecule has 1 N–H and O–H groups in total. The topological polar surface area (TPSA) is 68.7 Å². The summed E-state index contributed by atoms with van der Waals surface area (Å²) in [5, 5.41) is 9.07. The van der Waals surface area contributed by atoms with Gasteiger partial charge in [-0.1, -0.05) is 18.2 Å². The maximum atomic E-state index is 11.0. The van der Waals surface area contributed by atoms with E-state index in [1.807, 2.05) is 18.2 Å². The maximum Gasteiger partial charge on any atom is 0.303 e. The van der Waals surface area contributed by atoms with Crippen LogP contribution in [0.25, 0.3) is 11.1 Å². The Balaban J connectivity index is 1.49. The monoisotopic (exact) mass is 435 g/mol. The fourth-order valence-electron chi connectivity index (χ4n) is 4.07. The second-order valence-electron chi connectivity index (χ2n) is 7.79. The second kappa shape index (κ2) is 9.02. The van der Waals surface area contributed by atoms with E-state index < -0.39 is 5.97 Å². The molecule has 0 bridgehead atoms. The smallest absolute Gasteiger partial charge is 0.303 e. The van der Waals surface area contributed by atoms with Crippen molar-refractivity contribution in [1.82, 2.24) is 4.98 Å². The Labute approximate surface area is 186 Å². The zero-order valence-electron chi connectivity index (χ0n) is 17.8. The maximum absolute atomic E-state index is 11.0. The number of hydrogen-bond donors (Lipinski definition) is 1. The number of pyridine rings is 1. The van der Waals surface area contributed by atoms with Crippen LogP contribution in [-0.4, -0.2) is 28.9 Å². The van der Waals surface area contributed by atoms with Crippen molar-refractivity contribution in [3.8, 4) is 22.8 Å². The van der Waals surface area contributed by atoms with Gasteiger partial charge in [0.2, 0.25) is 5.88 Å². The summed E-state index contributed by atoms with van der Waals surface area (Å²) >= 11 is 1.67. The molecule has 4 rings (SSSR count). The fraction of sp³-hybridized carbons (Fsp3) is 0.280. The number of methoxy groups -OCH3 is 1. The summed E-state index contributed by atoms with van der Waals surface area (Å²) in [7, 11) is 1.68. The van der Waals surface area contributed by atoms with Gasteiger partial charge in [-0.2, -0.15) is 0 Å². The van der Waals surface area contributed by atoms with Crippen LogP contribution in [-0.2, 0) is 11.4 Å².